The molecule has 7 heterocycles. The van der Waals surface area contributed by atoms with E-state index in [4.69, 9.17) is 10.7 Å². The standard InChI is InChI=1S/C46H57N11O5/c1-29-15-23-56(45(29)61)36-4-3-19-55(28-36)39-25-48-41(42(47)59)37(49-39)24-30-5-7-32(8-6-30)33-17-20-53(21-18-33)26-31-16-22-54(27-31)35-11-9-34(10-12-35)43-51-57(46(62)52(43)2)38-13-14-40(58)50-44(38)60/h5-12,25,29,31,33,36,38H,3-4,13-24,26-28H2,1-2H3,(H2,47,59)(H,50,58,60)/t29?,31-,36-,38?/m0/s1. The number of carbonyl (C=O) groups excluding carboxylic acids is 4. The molecule has 2 aromatic heterocycles. The van der Waals surface area contributed by atoms with Crippen molar-refractivity contribution in [2.24, 2.45) is 24.6 Å². The zero-order chi connectivity index (χ0) is 43.1. The number of imide groups is 1. The molecule has 2 aromatic carbocycles. The Balaban J connectivity index is 0.762. The Morgan fingerprint density at radius 2 is 1.63 bits per heavy atom. The molecule has 0 aliphatic carbocycles. The molecule has 5 aliphatic heterocycles. The van der Waals surface area contributed by atoms with Gasteiger partial charge in [0.1, 0.15) is 17.6 Å². The van der Waals surface area contributed by atoms with Crippen LogP contribution >= 0.6 is 0 Å². The van der Waals surface area contributed by atoms with E-state index >= 15 is 0 Å². The maximum atomic E-state index is 13.0. The van der Waals surface area contributed by atoms with Gasteiger partial charge in [-0.15, -0.1) is 5.10 Å². The zero-order valence-electron chi connectivity index (χ0n) is 35.7. The smallest absolute Gasteiger partial charge is 0.346 e. The van der Waals surface area contributed by atoms with E-state index in [-0.39, 0.29) is 48.0 Å². The molecule has 0 bridgehead atoms. The van der Waals surface area contributed by atoms with Gasteiger partial charge in [0.25, 0.3) is 11.8 Å². The molecule has 9 rings (SSSR count). The second-order valence-corrected chi connectivity index (χ2v) is 18.1. The molecule has 2 unspecified atom stereocenters. The molecular weight excluding hydrogens is 787 g/mol. The van der Waals surface area contributed by atoms with Crippen molar-refractivity contribution in [3.8, 4) is 11.4 Å². The van der Waals surface area contributed by atoms with E-state index in [2.05, 4.69) is 66.5 Å². The molecule has 0 saturated carbocycles. The van der Waals surface area contributed by atoms with Crippen LogP contribution in [-0.2, 0) is 27.9 Å². The Morgan fingerprint density at radius 3 is 2.34 bits per heavy atom. The lowest BCUT2D eigenvalue weighted by atomic mass is 9.88. The number of aromatic nitrogens is 5. The van der Waals surface area contributed by atoms with Crippen LogP contribution in [0, 0.1) is 11.8 Å². The highest BCUT2D eigenvalue weighted by atomic mass is 16.2. The highest BCUT2D eigenvalue weighted by molar-refractivity contribution is 5.99. The highest BCUT2D eigenvalue weighted by Crippen LogP contribution is 2.32. The van der Waals surface area contributed by atoms with Crippen molar-refractivity contribution in [1.82, 2.24) is 39.4 Å². The summed E-state index contributed by atoms with van der Waals surface area (Å²) in [4.78, 5) is 81.0. The number of nitrogens with one attached hydrogen (secondary N) is 1. The molecule has 5 aliphatic rings. The van der Waals surface area contributed by atoms with E-state index in [1.807, 2.05) is 24.0 Å². The number of nitrogens with two attached hydrogens (primary N) is 1. The van der Waals surface area contributed by atoms with Crippen LogP contribution in [0.25, 0.3) is 11.4 Å². The minimum Gasteiger partial charge on any atom is -0.371 e. The average molecular weight is 844 g/mol. The van der Waals surface area contributed by atoms with Crippen molar-refractivity contribution in [2.45, 2.75) is 82.7 Å². The van der Waals surface area contributed by atoms with Gasteiger partial charge in [0.15, 0.2) is 5.82 Å². The second kappa shape index (κ2) is 17.5. The first kappa shape index (κ1) is 41.5. The quantitative estimate of drug-likeness (QED) is 0.211. The summed E-state index contributed by atoms with van der Waals surface area (Å²) in [6, 6.07) is 16.2. The molecule has 16 nitrogen and oxygen atoms in total. The fraction of sp³-hybridized carbons (Fsp3) is 0.522. The Hall–Kier alpha value is -5.90. The Labute approximate surface area is 361 Å². The van der Waals surface area contributed by atoms with Crippen LogP contribution in [0.1, 0.15) is 97.6 Å². The lowest BCUT2D eigenvalue weighted by molar-refractivity contribution is -0.136. The normalized spacial score (nSPS) is 24.0. The highest BCUT2D eigenvalue weighted by Gasteiger charge is 2.36. The molecule has 4 amide bonds. The lowest BCUT2D eigenvalue weighted by Gasteiger charge is -2.38. The molecule has 4 aromatic rings. The zero-order valence-corrected chi connectivity index (χ0v) is 35.7. The van der Waals surface area contributed by atoms with Gasteiger partial charge in [0.05, 0.1) is 11.9 Å². The maximum Gasteiger partial charge on any atom is 0.346 e. The topological polar surface area (TPSA) is 185 Å². The van der Waals surface area contributed by atoms with E-state index in [9.17, 15) is 24.0 Å². The largest absolute Gasteiger partial charge is 0.371 e. The van der Waals surface area contributed by atoms with Crippen LogP contribution in [0.5, 0.6) is 0 Å². The molecular formula is C46H57N11O5. The fourth-order valence-electron chi connectivity index (χ4n) is 10.3. The first-order valence-electron chi connectivity index (χ1n) is 22.4. The molecule has 0 radical (unpaired) electrons. The summed E-state index contributed by atoms with van der Waals surface area (Å²) < 4.78 is 2.65. The van der Waals surface area contributed by atoms with E-state index in [1.165, 1.54) is 14.8 Å². The third-order valence-corrected chi connectivity index (χ3v) is 13.9. The summed E-state index contributed by atoms with van der Waals surface area (Å²) in [5.74, 6) is 1.21. The summed E-state index contributed by atoms with van der Waals surface area (Å²) in [6.45, 7) is 9.56. The van der Waals surface area contributed by atoms with Crippen molar-refractivity contribution >= 4 is 35.1 Å². The molecule has 326 valence electrons. The molecule has 62 heavy (non-hydrogen) atoms. The summed E-state index contributed by atoms with van der Waals surface area (Å²) in [6.07, 6.45) is 8.75. The molecule has 3 N–H and O–H groups in total. The van der Waals surface area contributed by atoms with Gasteiger partial charge in [-0.3, -0.25) is 29.1 Å². The van der Waals surface area contributed by atoms with Crippen LogP contribution in [0.2, 0.25) is 0 Å². The number of hydrogen-bond acceptors (Lipinski definition) is 11. The van der Waals surface area contributed by atoms with Crippen molar-refractivity contribution in [3.63, 3.8) is 0 Å². The third kappa shape index (κ3) is 8.48. The number of amides is 4. The number of carbonyl (C=O) groups is 4. The second-order valence-electron chi connectivity index (χ2n) is 18.1. The number of hydrogen-bond donors (Lipinski definition) is 2. The number of rotatable bonds is 11. The molecule has 0 spiro atoms. The van der Waals surface area contributed by atoms with Crippen molar-refractivity contribution in [3.05, 3.63) is 87.7 Å². The first-order chi connectivity index (χ1) is 30.0. The van der Waals surface area contributed by atoms with E-state index in [0.717, 1.165) is 107 Å². The predicted molar refractivity (Wildman–Crippen MR) is 234 cm³/mol. The number of piperidine rings is 3. The van der Waals surface area contributed by atoms with Gasteiger partial charge in [-0.2, -0.15) is 0 Å². The Kier molecular flexibility index (Phi) is 11.7. The predicted octanol–water partition coefficient (Wildman–Crippen LogP) is 3.25. The van der Waals surface area contributed by atoms with Gasteiger partial charge in [0, 0.05) is 82.4 Å². The van der Waals surface area contributed by atoms with Crippen LogP contribution in [0.4, 0.5) is 11.5 Å². The number of primary amides is 1. The van der Waals surface area contributed by atoms with Crippen molar-refractivity contribution in [2.75, 3.05) is 62.2 Å². The molecule has 16 heteroatoms. The Morgan fingerprint density at radius 1 is 0.855 bits per heavy atom. The van der Waals surface area contributed by atoms with Gasteiger partial charge >= 0.3 is 5.69 Å². The molecule has 5 fully saturated rings. The first-order valence-corrected chi connectivity index (χ1v) is 22.4. The molecule has 5 saturated heterocycles. The van der Waals surface area contributed by atoms with E-state index in [1.54, 1.807) is 13.2 Å². The summed E-state index contributed by atoms with van der Waals surface area (Å²) >= 11 is 0. The number of anilines is 2. The van der Waals surface area contributed by atoms with Crippen LogP contribution < -0.4 is 26.5 Å². The average Bonchev–Trinajstić information content (AvgIpc) is 3.97. The number of benzene rings is 2. The fourth-order valence-corrected chi connectivity index (χ4v) is 10.3. The van der Waals surface area contributed by atoms with Crippen LogP contribution in [-0.4, -0.2) is 116 Å². The van der Waals surface area contributed by atoms with Crippen LogP contribution in [0.15, 0.2) is 59.5 Å². The van der Waals surface area contributed by atoms with Gasteiger partial charge < -0.3 is 25.3 Å². The summed E-state index contributed by atoms with van der Waals surface area (Å²) in [5.41, 5.74) is 10.5. The maximum absolute atomic E-state index is 13.0. The number of likely N-dealkylation sites (tertiary alicyclic amines) is 2. The third-order valence-electron chi connectivity index (χ3n) is 13.9. The van der Waals surface area contributed by atoms with E-state index < -0.39 is 17.9 Å². The van der Waals surface area contributed by atoms with Crippen LogP contribution in [0.3, 0.4) is 0 Å². The number of nitrogens with zero attached hydrogens (tertiary/aromatic N) is 9. The Bertz CT molecular complexity index is 2390. The van der Waals surface area contributed by atoms with Gasteiger partial charge in [-0.05, 0) is 105 Å². The van der Waals surface area contributed by atoms with Crippen molar-refractivity contribution < 1.29 is 19.2 Å². The summed E-state index contributed by atoms with van der Waals surface area (Å²) in [7, 11) is 1.65. The van der Waals surface area contributed by atoms with Crippen molar-refractivity contribution in [1.29, 1.82) is 0 Å². The summed E-state index contributed by atoms with van der Waals surface area (Å²) in [5, 5.41) is 6.82. The minimum atomic E-state index is -0.797. The monoisotopic (exact) mass is 843 g/mol. The SMILES string of the molecule is CC1CCN([C@H]2CCCN(c3cnc(C(N)=O)c(Cc4ccc(C5CCN(C[C@@H]6CCN(c7ccc(-c8nn(C9CCC(=O)NC9=O)c(=O)n8C)cc7)C6)CC5)cc4)n3)C2)C1=O. The van der Waals surface area contributed by atoms with Gasteiger partial charge in [-0.25, -0.2) is 19.4 Å². The van der Waals surface area contributed by atoms with Gasteiger partial charge in [-0.1, -0.05) is 31.2 Å². The minimum absolute atomic E-state index is 0.0871. The van der Waals surface area contributed by atoms with Gasteiger partial charge in [0.2, 0.25) is 11.8 Å². The molecule has 4 atom stereocenters. The van der Waals surface area contributed by atoms with E-state index in [0.29, 0.717) is 36.3 Å². The lowest BCUT2D eigenvalue weighted by Crippen LogP contribution is -2.49.